The largest absolute Gasteiger partial charge is 0.379 e. The summed E-state index contributed by atoms with van der Waals surface area (Å²) < 4.78 is 48.6. The number of hydrogen-bond donors (Lipinski definition) is 2. The van der Waals surface area contributed by atoms with Crippen molar-refractivity contribution in [2.24, 2.45) is 0 Å². The van der Waals surface area contributed by atoms with Crippen molar-refractivity contribution in [2.45, 2.75) is 31.5 Å². The molecule has 7 nitrogen and oxygen atoms in total. The second-order valence-electron chi connectivity index (χ2n) is 4.52. The fourth-order valence-electron chi connectivity index (χ4n) is 1.67. The summed E-state index contributed by atoms with van der Waals surface area (Å²) in [6, 6.07) is 6.23. The third-order valence-electron chi connectivity index (χ3n) is 2.77. The Kier molecular flexibility index (Phi) is 7.18. The van der Waals surface area contributed by atoms with E-state index in [4.69, 9.17) is 9.05 Å². The molecule has 0 fully saturated rings. The van der Waals surface area contributed by atoms with E-state index < -0.39 is 30.0 Å². The first-order valence-electron chi connectivity index (χ1n) is 6.88. The highest BCUT2D eigenvalue weighted by molar-refractivity contribution is 7.89. The minimum absolute atomic E-state index is 0.0629. The topological polar surface area (TPSA) is 102 Å². The van der Waals surface area contributed by atoms with Gasteiger partial charge in [0.25, 0.3) is 0 Å². The number of aliphatic hydroxyl groups is 1. The summed E-state index contributed by atoms with van der Waals surface area (Å²) in [6.45, 7) is 4.75. The van der Waals surface area contributed by atoms with Crippen molar-refractivity contribution < 1.29 is 27.1 Å². The molecule has 2 N–H and O–H groups in total. The Morgan fingerprint density at radius 2 is 1.68 bits per heavy atom. The maximum Gasteiger partial charge on any atom is 0.360 e. The normalized spacial score (nSPS) is 14.0. The van der Waals surface area contributed by atoms with Crippen LogP contribution in [0.1, 0.15) is 19.4 Å². The molecule has 0 spiro atoms. The van der Waals surface area contributed by atoms with Crippen LogP contribution in [0.15, 0.2) is 29.2 Å². The van der Waals surface area contributed by atoms with Gasteiger partial charge in [-0.15, -0.1) is 0 Å². The molecule has 0 aromatic heterocycles. The van der Waals surface area contributed by atoms with Crippen LogP contribution in [-0.4, -0.2) is 39.1 Å². The van der Waals surface area contributed by atoms with Crippen LogP contribution < -0.4 is 4.72 Å². The van der Waals surface area contributed by atoms with Gasteiger partial charge in [0.1, 0.15) is 0 Å². The average molecular weight is 351 g/mol. The predicted molar refractivity (Wildman–Crippen MR) is 83.2 cm³/mol. The highest BCUT2D eigenvalue weighted by atomic mass is 32.2. The van der Waals surface area contributed by atoms with E-state index in [1.54, 1.807) is 26.0 Å². The first-order valence-corrected chi connectivity index (χ1v) is 9.98. The smallest absolute Gasteiger partial charge is 0.360 e. The van der Waals surface area contributed by atoms with Crippen LogP contribution in [0.4, 0.5) is 0 Å². The van der Waals surface area contributed by atoms with Gasteiger partial charge in [-0.1, -0.05) is 17.7 Å². The van der Waals surface area contributed by atoms with Gasteiger partial charge in [0, 0.05) is 6.54 Å². The number of sulfonamides is 1. The number of aliphatic hydroxyl groups excluding tert-OH is 1. The van der Waals surface area contributed by atoms with Crippen LogP contribution in [0, 0.1) is 6.92 Å². The third kappa shape index (κ3) is 5.15. The van der Waals surface area contributed by atoms with E-state index in [9.17, 15) is 18.1 Å². The van der Waals surface area contributed by atoms with E-state index in [-0.39, 0.29) is 18.1 Å². The molecule has 1 rings (SSSR count). The van der Waals surface area contributed by atoms with E-state index in [0.29, 0.717) is 0 Å². The van der Waals surface area contributed by atoms with Crippen LogP contribution in [0.3, 0.4) is 0 Å². The molecule has 9 heteroatoms. The van der Waals surface area contributed by atoms with Crippen LogP contribution in [0.5, 0.6) is 0 Å². The molecular formula is C13H22NO6PS. The van der Waals surface area contributed by atoms with Gasteiger partial charge in [0.15, 0.2) is 5.85 Å². The highest BCUT2D eigenvalue weighted by Crippen LogP contribution is 2.51. The SMILES string of the molecule is CCOP(=O)(OCC)[C@@H](O)CNS(=O)(=O)c1ccc(C)cc1. The van der Waals surface area contributed by atoms with Gasteiger partial charge in [0.05, 0.1) is 18.1 Å². The lowest BCUT2D eigenvalue weighted by Gasteiger charge is -2.22. The monoisotopic (exact) mass is 351 g/mol. The second kappa shape index (κ2) is 8.19. The zero-order valence-corrected chi connectivity index (χ0v) is 14.6. The second-order valence-corrected chi connectivity index (χ2v) is 8.48. The highest BCUT2D eigenvalue weighted by Gasteiger charge is 2.34. The van der Waals surface area contributed by atoms with E-state index in [2.05, 4.69) is 4.72 Å². The predicted octanol–water partition coefficient (Wildman–Crippen LogP) is 1.86. The van der Waals surface area contributed by atoms with Gasteiger partial charge < -0.3 is 14.2 Å². The maximum absolute atomic E-state index is 12.3. The molecule has 0 amide bonds. The number of aryl methyl sites for hydroxylation is 1. The number of nitrogens with one attached hydrogen (secondary N) is 1. The summed E-state index contributed by atoms with van der Waals surface area (Å²) in [5.41, 5.74) is 0.927. The van der Waals surface area contributed by atoms with Crippen LogP contribution in [-0.2, 0) is 23.6 Å². The molecule has 0 aliphatic heterocycles. The third-order valence-corrected chi connectivity index (χ3v) is 6.36. The zero-order chi connectivity index (χ0) is 16.8. The minimum atomic E-state index is -3.80. The molecule has 0 aliphatic rings. The Hall–Kier alpha value is -0.760. The first-order chi connectivity index (χ1) is 10.2. The van der Waals surface area contributed by atoms with E-state index in [1.165, 1.54) is 12.1 Å². The van der Waals surface area contributed by atoms with Crippen molar-refractivity contribution in [1.29, 1.82) is 0 Å². The lowest BCUT2D eigenvalue weighted by Crippen LogP contribution is -2.33. The van der Waals surface area contributed by atoms with Crippen molar-refractivity contribution in [1.82, 2.24) is 4.72 Å². The standard InChI is InChI=1S/C13H22NO6PS/c1-4-19-21(16,20-5-2)13(15)10-14-22(17,18)12-8-6-11(3)7-9-12/h6-9,13-15H,4-5,10H2,1-3H3/t13-/m1/s1. The van der Waals surface area contributed by atoms with E-state index in [0.717, 1.165) is 5.56 Å². The van der Waals surface area contributed by atoms with Crippen LogP contribution in [0.2, 0.25) is 0 Å². The van der Waals surface area contributed by atoms with E-state index in [1.807, 2.05) is 6.92 Å². The fourth-order valence-corrected chi connectivity index (χ4v) is 4.28. The number of benzene rings is 1. The van der Waals surface area contributed by atoms with Gasteiger partial charge in [-0.05, 0) is 32.9 Å². The Balaban J connectivity index is 2.78. The molecule has 1 aromatic rings. The zero-order valence-electron chi connectivity index (χ0n) is 12.9. The Morgan fingerprint density at radius 1 is 1.18 bits per heavy atom. The molecule has 0 bridgehead atoms. The molecule has 22 heavy (non-hydrogen) atoms. The Bertz CT molecular complexity index is 606. The van der Waals surface area contributed by atoms with Crippen molar-refractivity contribution in [3.05, 3.63) is 29.8 Å². The summed E-state index contributed by atoms with van der Waals surface area (Å²) >= 11 is 0. The van der Waals surface area contributed by atoms with Crippen molar-refractivity contribution in [3.63, 3.8) is 0 Å². The van der Waals surface area contributed by atoms with Gasteiger partial charge in [0.2, 0.25) is 10.0 Å². The Labute approximate surface area is 131 Å². The molecule has 126 valence electrons. The summed E-state index contributed by atoms with van der Waals surface area (Å²) in [4.78, 5) is 0.0629. The molecule has 0 unspecified atom stereocenters. The summed E-state index contributed by atoms with van der Waals surface area (Å²) in [5.74, 6) is -1.58. The molecule has 0 saturated heterocycles. The maximum atomic E-state index is 12.3. The van der Waals surface area contributed by atoms with Gasteiger partial charge in [-0.3, -0.25) is 4.57 Å². The van der Waals surface area contributed by atoms with Gasteiger partial charge >= 0.3 is 7.60 Å². The number of rotatable bonds is 9. The molecular weight excluding hydrogens is 329 g/mol. The summed E-state index contributed by atoms with van der Waals surface area (Å²) in [5, 5.41) is 9.94. The van der Waals surface area contributed by atoms with Crippen LogP contribution >= 0.6 is 7.60 Å². The number of hydrogen-bond acceptors (Lipinski definition) is 6. The molecule has 0 saturated carbocycles. The fraction of sp³-hybridized carbons (Fsp3) is 0.538. The average Bonchev–Trinajstić information content (AvgIpc) is 2.46. The lowest BCUT2D eigenvalue weighted by molar-refractivity contribution is 0.151. The van der Waals surface area contributed by atoms with Gasteiger partial charge in [-0.2, -0.15) is 0 Å². The molecule has 1 atom stereocenters. The molecule has 0 aliphatic carbocycles. The van der Waals surface area contributed by atoms with Crippen molar-refractivity contribution >= 4 is 17.6 Å². The first kappa shape index (κ1) is 19.3. The molecule has 1 aromatic carbocycles. The Morgan fingerprint density at radius 3 is 2.14 bits per heavy atom. The van der Waals surface area contributed by atoms with Crippen molar-refractivity contribution in [2.75, 3.05) is 19.8 Å². The van der Waals surface area contributed by atoms with E-state index >= 15 is 0 Å². The van der Waals surface area contributed by atoms with Gasteiger partial charge in [-0.25, -0.2) is 13.1 Å². The molecule has 0 radical (unpaired) electrons. The summed E-state index contributed by atoms with van der Waals surface area (Å²) in [6.07, 6.45) is 0. The lowest BCUT2D eigenvalue weighted by atomic mass is 10.2. The molecule has 0 heterocycles. The minimum Gasteiger partial charge on any atom is -0.379 e. The quantitative estimate of drug-likeness (QED) is 0.659. The summed E-state index contributed by atoms with van der Waals surface area (Å²) in [7, 11) is -7.57. The van der Waals surface area contributed by atoms with Crippen LogP contribution in [0.25, 0.3) is 0 Å². The van der Waals surface area contributed by atoms with Crippen molar-refractivity contribution in [3.8, 4) is 0 Å².